The summed E-state index contributed by atoms with van der Waals surface area (Å²) in [5, 5.41) is 10.1. The number of carbonyl (C=O) groups is 1. The third-order valence-corrected chi connectivity index (χ3v) is 11.7. The minimum absolute atomic E-state index is 0.0576. The van der Waals surface area contributed by atoms with E-state index in [1.807, 2.05) is 31.4 Å². The van der Waals surface area contributed by atoms with E-state index in [1.54, 1.807) is 0 Å². The number of pyridine rings is 1. The Morgan fingerprint density at radius 3 is 2.73 bits per heavy atom. The van der Waals surface area contributed by atoms with Crippen molar-refractivity contribution in [2.24, 2.45) is 5.92 Å². The summed E-state index contributed by atoms with van der Waals surface area (Å²) in [4.78, 5) is 23.5. The van der Waals surface area contributed by atoms with Gasteiger partial charge in [-0.1, -0.05) is 36.4 Å². The van der Waals surface area contributed by atoms with E-state index in [9.17, 15) is 13.6 Å². The summed E-state index contributed by atoms with van der Waals surface area (Å²) in [6.07, 6.45) is 8.71. The molecule has 5 rings (SSSR count). The van der Waals surface area contributed by atoms with Crippen LogP contribution in [0, 0.1) is 5.92 Å². The second-order valence-electron chi connectivity index (χ2n) is 13.8. The highest BCUT2D eigenvalue weighted by Gasteiger charge is 2.39. The van der Waals surface area contributed by atoms with Gasteiger partial charge >= 0.3 is 0 Å². The summed E-state index contributed by atoms with van der Waals surface area (Å²) >= 11 is 0. The molecule has 1 amide bonds. The molecule has 2 aromatic rings. The van der Waals surface area contributed by atoms with Gasteiger partial charge in [-0.2, -0.15) is 0 Å². The molecular formula is C35H54F2N6OSi. The van der Waals surface area contributed by atoms with E-state index in [-0.39, 0.29) is 37.5 Å². The summed E-state index contributed by atoms with van der Waals surface area (Å²) in [7, 11) is 2.76. The highest BCUT2D eigenvalue weighted by molar-refractivity contribution is 6.17. The van der Waals surface area contributed by atoms with Gasteiger partial charge in [-0.25, -0.2) is 8.78 Å². The van der Waals surface area contributed by atoms with Gasteiger partial charge in [-0.15, -0.1) is 0 Å². The first-order chi connectivity index (χ1) is 21.8. The number of aromatic nitrogens is 1. The van der Waals surface area contributed by atoms with Crippen LogP contribution in [0.5, 0.6) is 0 Å². The molecule has 3 N–H and O–H groups in total. The molecule has 45 heavy (non-hydrogen) atoms. The second kappa shape index (κ2) is 16.0. The zero-order valence-electron chi connectivity index (χ0n) is 27.4. The summed E-state index contributed by atoms with van der Waals surface area (Å²) in [6.45, 7) is 6.87. The van der Waals surface area contributed by atoms with Crippen LogP contribution in [0.3, 0.4) is 0 Å². The Bertz CT molecular complexity index is 1210. The molecule has 1 saturated heterocycles. The van der Waals surface area contributed by atoms with Crippen molar-refractivity contribution in [1.29, 1.82) is 0 Å². The number of hydrogen-bond acceptors (Lipinski definition) is 6. The fraction of sp³-hybridized carbons (Fsp3) is 0.657. The minimum atomic E-state index is -2.63. The van der Waals surface area contributed by atoms with Crippen molar-refractivity contribution in [1.82, 2.24) is 30.7 Å². The molecule has 2 fully saturated rings. The Balaban J connectivity index is 1.23. The largest absolute Gasteiger partial charge is 0.350 e. The lowest BCUT2D eigenvalue weighted by Crippen LogP contribution is -2.57. The average molecular weight is 641 g/mol. The molecule has 3 aliphatic rings. The maximum atomic E-state index is 13.8. The zero-order chi connectivity index (χ0) is 31.7. The molecule has 1 unspecified atom stereocenters. The van der Waals surface area contributed by atoms with E-state index in [1.165, 1.54) is 17.7 Å². The van der Waals surface area contributed by atoms with Crippen molar-refractivity contribution in [3.63, 3.8) is 0 Å². The molecule has 248 valence electrons. The lowest BCUT2D eigenvalue weighted by atomic mass is 9.86. The molecule has 1 aliphatic heterocycles. The SMILES string of the molecule is CNCCCCN(C[C@H]1CN(CCC([SiH3])(NC(=O)C2CCC(F)(F)CC2)c2ccccc2)CCN1)[C@H]1CCCc2cccnc21. The van der Waals surface area contributed by atoms with Crippen molar-refractivity contribution < 1.29 is 13.6 Å². The number of halogens is 2. The molecule has 1 aromatic carbocycles. The highest BCUT2D eigenvalue weighted by Crippen LogP contribution is 2.37. The van der Waals surface area contributed by atoms with Crippen LogP contribution in [0.1, 0.15) is 80.7 Å². The van der Waals surface area contributed by atoms with E-state index >= 15 is 0 Å². The number of unbranched alkanes of at least 4 members (excludes halogenated alkanes) is 1. The molecule has 0 radical (unpaired) electrons. The van der Waals surface area contributed by atoms with Gasteiger partial charge in [0.05, 0.1) is 11.7 Å². The van der Waals surface area contributed by atoms with Gasteiger partial charge in [0.1, 0.15) is 0 Å². The van der Waals surface area contributed by atoms with Crippen molar-refractivity contribution in [2.75, 3.05) is 52.9 Å². The van der Waals surface area contributed by atoms with Crippen LogP contribution >= 0.6 is 0 Å². The zero-order valence-corrected chi connectivity index (χ0v) is 29.4. The maximum Gasteiger partial charge on any atom is 0.248 e. The number of rotatable bonds is 14. The van der Waals surface area contributed by atoms with Crippen molar-refractivity contribution >= 4 is 16.1 Å². The van der Waals surface area contributed by atoms with E-state index < -0.39 is 11.1 Å². The average Bonchev–Trinajstić information content (AvgIpc) is 3.05. The second-order valence-corrected chi connectivity index (χ2v) is 15.5. The molecule has 0 bridgehead atoms. The smallest absolute Gasteiger partial charge is 0.248 e. The van der Waals surface area contributed by atoms with Crippen molar-refractivity contribution in [2.45, 2.75) is 87.4 Å². The molecule has 10 heteroatoms. The summed E-state index contributed by atoms with van der Waals surface area (Å²) < 4.78 is 27.6. The standard InChI is InChI=1S/C35H54F2N6OSi/c1-38-19-5-6-22-43(31-13-7-9-27-10-8-20-40-32(27)31)26-30-25-42(24-21-39-30)23-18-35(45,29-11-3-2-4-12-29)41-33(44)28-14-16-34(36,37)17-15-28/h2-4,8,10-12,20,28,30-31,38-39H,5-7,9,13-19,21-26H2,1,45H3,(H,41,44)/t30-,31+,35?/m1/s1. The number of alkyl halides is 2. The third-order valence-electron chi connectivity index (χ3n) is 10.3. The Morgan fingerprint density at radius 1 is 1.16 bits per heavy atom. The summed E-state index contributed by atoms with van der Waals surface area (Å²) in [6, 6.07) is 15.3. The van der Waals surface area contributed by atoms with Gasteiger partial charge < -0.3 is 20.9 Å². The van der Waals surface area contributed by atoms with Crippen molar-refractivity contribution in [3.05, 3.63) is 65.5 Å². The Labute approximate surface area is 271 Å². The molecule has 0 spiro atoms. The highest BCUT2D eigenvalue weighted by atomic mass is 28.1. The normalized spacial score (nSPS) is 23.8. The van der Waals surface area contributed by atoms with Gasteiger partial charge in [-0.3, -0.25) is 14.7 Å². The molecule has 1 saturated carbocycles. The fourth-order valence-electron chi connectivity index (χ4n) is 7.58. The van der Waals surface area contributed by atoms with E-state index in [0.717, 1.165) is 93.7 Å². The van der Waals surface area contributed by atoms with Gasteiger partial charge in [-0.05, 0) is 88.7 Å². The van der Waals surface area contributed by atoms with E-state index in [0.29, 0.717) is 12.1 Å². The quantitative estimate of drug-likeness (QED) is 0.217. The number of nitrogens with zero attached hydrogens (tertiary/aromatic N) is 3. The molecule has 2 heterocycles. The van der Waals surface area contributed by atoms with Gasteiger partial charge in [0.15, 0.2) is 0 Å². The number of hydrogen-bond donors (Lipinski definition) is 3. The first-order valence-electron chi connectivity index (χ1n) is 17.3. The Morgan fingerprint density at radius 2 is 1.96 bits per heavy atom. The van der Waals surface area contributed by atoms with Crippen molar-refractivity contribution in [3.8, 4) is 0 Å². The molecule has 3 atom stereocenters. The van der Waals surface area contributed by atoms with Gasteiger partial charge in [0, 0.05) is 79.1 Å². The number of amides is 1. The monoisotopic (exact) mass is 640 g/mol. The lowest BCUT2D eigenvalue weighted by molar-refractivity contribution is -0.130. The topological polar surface area (TPSA) is 72.5 Å². The number of carbonyl (C=O) groups excluding carboxylic acids is 1. The maximum absolute atomic E-state index is 13.8. The van der Waals surface area contributed by atoms with Crippen LogP contribution in [0.25, 0.3) is 0 Å². The summed E-state index contributed by atoms with van der Waals surface area (Å²) in [5.74, 6) is -3.02. The first kappa shape index (κ1) is 34.1. The van der Waals surface area contributed by atoms with Gasteiger partial charge in [0.25, 0.3) is 0 Å². The predicted molar refractivity (Wildman–Crippen MR) is 181 cm³/mol. The number of aryl methyl sites for hydroxylation is 1. The fourth-order valence-corrected chi connectivity index (χ4v) is 8.38. The van der Waals surface area contributed by atoms with E-state index in [2.05, 4.69) is 50.0 Å². The number of benzene rings is 1. The van der Waals surface area contributed by atoms with Crippen LogP contribution in [0.15, 0.2) is 48.7 Å². The minimum Gasteiger partial charge on any atom is -0.350 e. The molecule has 1 aromatic heterocycles. The molecule has 2 aliphatic carbocycles. The molecular weight excluding hydrogens is 587 g/mol. The number of piperazine rings is 1. The molecule has 7 nitrogen and oxygen atoms in total. The van der Waals surface area contributed by atoms with Crippen LogP contribution in [-0.2, 0) is 16.4 Å². The van der Waals surface area contributed by atoms with Crippen LogP contribution in [0.4, 0.5) is 8.78 Å². The summed E-state index contributed by atoms with van der Waals surface area (Å²) in [5.41, 5.74) is 3.79. The first-order valence-corrected chi connectivity index (χ1v) is 18.3. The predicted octanol–water partition coefficient (Wildman–Crippen LogP) is 3.58. The Kier molecular flexibility index (Phi) is 12.2. The van der Waals surface area contributed by atoms with Crippen LogP contribution < -0.4 is 16.0 Å². The number of nitrogens with one attached hydrogen (secondary N) is 3. The third kappa shape index (κ3) is 9.41. The van der Waals surface area contributed by atoms with E-state index in [4.69, 9.17) is 4.98 Å². The van der Waals surface area contributed by atoms with Gasteiger partial charge in [0.2, 0.25) is 11.8 Å². The Hall–Kier alpha value is -2.24. The lowest BCUT2D eigenvalue weighted by Gasteiger charge is -2.42. The number of fused-ring (bicyclic) bond motifs is 1. The van der Waals surface area contributed by atoms with Crippen LogP contribution in [0.2, 0.25) is 0 Å². The van der Waals surface area contributed by atoms with Crippen LogP contribution in [-0.4, -0.2) is 95.8 Å².